The maximum atomic E-state index is 7.50. The van der Waals surface area contributed by atoms with Gasteiger partial charge in [-0.15, -0.1) is 0 Å². The fraction of sp³-hybridized carbons (Fsp3) is 1.00. The molecule has 38 heavy (non-hydrogen) atoms. The van der Waals surface area contributed by atoms with E-state index in [2.05, 4.69) is 55.4 Å². The molecule has 1 atom stereocenters. The van der Waals surface area contributed by atoms with E-state index in [1.807, 2.05) is 0 Å². The number of hydrogen-bond acceptors (Lipinski definition) is 1. The van der Waals surface area contributed by atoms with Gasteiger partial charge in [-0.05, 0) is 48.9 Å². The standard InChI is InChI=1S/C28H56O.C8H17.Al/c1-8-27(21-15-9-12-18-24(2)3)28(29,22-16-10-13-19-25(4)5)23-17-11-14-20-26(6)7;1-4-5-6-7-8(2)3;/h24-27H,1,8-23H2,2-7H3;8H,1,4-7H2,2-3H3;/q-1;;+1. The summed E-state index contributed by atoms with van der Waals surface area (Å²) in [7, 11) is 0. The highest BCUT2D eigenvalue weighted by molar-refractivity contribution is 6.52. The molecule has 0 radical (unpaired) electrons. The largest absolute Gasteiger partial charge is 0.496 e. The average Bonchev–Trinajstić information content (AvgIpc) is 2.83. The van der Waals surface area contributed by atoms with Gasteiger partial charge in [-0.2, -0.15) is 0 Å². The topological polar surface area (TPSA) is 9.23 Å². The summed E-state index contributed by atoms with van der Waals surface area (Å²) in [5.41, 5.74) is 0.237. The summed E-state index contributed by atoms with van der Waals surface area (Å²) in [4.78, 5) is 0. The minimum atomic E-state index is -1.07. The predicted octanol–water partition coefficient (Wildman–Crippen LogP) is 12.8. The molecule has 0 saturated carbocycles. The van der Waals surface area contributed by atoms with Gasteiger partial charge in [-0.1, -0.05) is 175 Å². The first-order valence-corrected chi connectivity index (χ1v) is 19.9. The molecule has 0 aromatic heterocycles. The zero-order chi connectivity index (χ0) is 28.2. The molecule has 0 bridgehead atoms. The highest BCUT2D eigenvalue weighted by Crippen LogP contribution is 2.45. The summed E-state index contributed by atoms with van der Waals surface area (Å²) in [6.45, 7) is 19.0. The van der Waals surface area contributed by atoms with E-state index in [9.17, 15) is 0 Å². The molecule has 1 aliphatic heterocycles. The van der Waals surface area contributed by atoms with E-state index in [1.54, 1.807) is 0 Å². The third kappa shape index (κ3) is 18.0. The van der Waals surface area contributed by atoms with Crippen LogP contribution < -0.4 is 0 Å². The van der Waals surface area contributed by atoms with E-state index in [1.165, 1.54) is 139 Å². The zero-order valence-electron chi connectivity index (χ0n) is 27.9. The first kappa shape index (κ1) is 36.5. The Morgan fingerprint density at radius 1 is 0.553 bits per heavy atom. The van der Waals surface area contributed by atoms with Crippen LogP contribution in [0.2, 0.25) is 10.6 Å². The second kappa shape index (κ2) is 22.1. The lowest BCUT2D eigenvalue weighted by Gasteiger charge is -2.48. The lowest BCUT2D eigenvalue weighted by atomic mass is 9.75. The monoisotopic (exact) mass is 549 g/mol. The van der Waals surface area contributed by atoms with Crippen molar-refractivity contribution < 1.29 is 3.79 Å². The van der Waals surface area contributed by atoms with Crippen LogP contribution in [0, 0.1) is 29.6 Å². The van der Waals surface area contributed by atoms with Gasteiger partial charge in [0.15, 0.2) is 0 Å². The van der Waals surface area contributed by atoms with E-state index in [0.29, 0.717) is 0 Å². The molecular formula is C36H73AlO. The van der Waals surface area contributed by atoms with Crippen molar-refractivity contribution in [1.82, 2.24) is 0 Å². The van der Waals surface area contributed by atoms with Crippen molar-refractivity contribution in [3.05, 3.63) is 0 Å². The molecule has 0 N–H and O–H groups in total. The van der Waals surface area contributed by atoms with Crippen LogP contribution in [0.3, 0.4) is 0 Å². The molecule has 1 fully saturated rings. The Morgan fingerprint density at radius 3 is 1.42 bits per heavy atom. The maximum Gasteiger partial charge on any atom is 0.461 e. The van der Waals surface area contributed by atoms with Gasteiger partial charge in [0, 0.05) is 5.60 Å². The average molecular weight is 549 g/mol. The van der Waals surface area contributed by atoms with Crippen molar-refractivity contribution in [2.75, 3.05) is 0 Å². The Kier molecular flexibility index (Phi) is 21.3. The first-order valence-electron chi connectivity index (χ1n) is 17.8. The molecule has 0 amide bonds. The minimum Gasteiger partial charge on any atom is -0.496 e. The SMILES string of the molecule is CC(C)CCCCCC1C[CH2][Al]([CH2]CCCCC(C)C)[O]C1(CCCCCC(C)C)CCCCCC(C)C. The van der Waals surface area contributed by atoms with Gasteiger partial charge in [0.05, 0.1) is 0 Å². The normalized spacial score (nSPS) is 18.0. The minimum absolute atomic E-state index is 0.237. The Balaban J connectivity index is 2.82. The Hall–Kier alpha value is 0.492. The van der Waals surface area contributed by atoms with Gasteiger partial charge in [0.2, 0.25) is 0 Å². The quantitative estimate of drug-likeness (QED) is 0.0860. The van der Waals surface area contributed by atoms with E-state index in [4.69, 9.17) is 3.79 Å². The van der Waals surface area contributed by atoms with Gasteiger partial charge in [0.1, 0.15) is 0 Å². The molecule has 1 aliphatic rings. The Labute approximate surface area is 247 Å². The summed E-state index contributed by atoms with van der Waals surface area (Å²) in [6.07, 6.45) is 28.3. The Morgan fingerprint density at radius 2 is 0.974 bits per heavy atom. The summed E-state index contributed by atoms with van der Waals surface area (Å²) in [6, 6.07) is 0. The van der Waals surface area contributed by atoms with Crippen molar-refractivity contribution in [2.45, 2.75) is 200 Å². The van der Waals surface area contributed by atoms with Gasteiger partial charge < -0.3 is 3.79 Å². The highest BCUT2D eigenvalue weighted by atomic mass is 27.2. The number of unbranched alkanes of at least 4 members (excludes halogenated alkanes) is 8. The number of rotatable bonds is 24. The fourth-order valence-corrected chi connectivity index (χ4v) is 10.1. The van der Waals surface area contributed by atoms with Crippen LogP contribution in [0.25, 0.3) is 0 Å². The van der Waals surface area contributed by atoms with Crippen molar-refractivity contribution in [1.29, 1.82) is 0 Å². The molecule has 226 valence electrons. The lowest BCUT2D eigenvalue weighted by molar-refractivity contribution is -0.0369. The van der Waals surface area contributed by atoms with E-state index >= 15 is 0 Å². The van der Waals surface area contributed by atoms with Crippen molar-refractivity contribution in [2.24, 2.45) is 29.6 Å². The van der Waals surface area contributed by atoms with E-state index in [0.717, 1.165) is 29.6 Å². The molecular weight excluding hydrogens is 475 g/mol. The second-order valence-electron chi connectivity index (χ2n) is 15.1. The van der Waals surface area contributed by atoms with E-state index in [-0.39, 0.29) is 5.60 Å². The highest BCUT2D eigenvalue weighted by Gasteiger charge is 2.45. The van der Waals surface area contributed by atoms with Gasteiger partial charge in [-0.3, -0.25) is 0 Å². The molecule has 0 aromatic rings. The summed E-state index contributed by atoms with van der Waals surface area (Å²) in [5.74, 6) is 4.25. The molecule has 1 rings (SSSR count). The second-order valence-corrected chi connectivity index (χ2v) is 17.8. The van der Waals surface area contributed by atoms with Crippen LogP contribution >= 0.6 is 0 Å². The van der Waals surface area contributed by atoms with Crippen LogP contribution in [0.1, 0.15) is 184 Å². The van der Waals surface area contributed by atoms with Crippen LogP contribution in [0.4, 0.5) is 0 Å². The molecule has 1 nitrogen and oxygen atoms in total. The third-order valence-corrected chi connectivity index (χ3v) is 12.2. The predicted molar refractivity (Wildman–Crippen MR) is 174 cm³/mol. The molecule has 0 aromatic carbocycles. The Bertz CT molecular complexity index is 507. The fourth-order valence-electron chi connectivity index (χ4n) is 6.93. The summed E-state index contributed by atoms with van der Waals surface area (Å²) < 4.78 is 7.50. The van der Waals surface area contributed by atoms with Gasteiger partial charge in [-0.25, -0.2) is 0 Å². The maximum absolute atomic E-state index is 7.50. The zero-order valence-corrected chi connectivity index (χ0v) is 29.1. The molecule has 0 aliphatic carbocycles. The summed E-state index contributed by atoms with van der Waals surface area (Å²) >= 11 is -1.07. The first-order chi connectivity index (χ1) is 18.1. The van der Waals surface area contributed by atoms with Gasteiger partial charge >= 0.3 is 14.5 Å². The van der Waals surface area contributed by atoms with Crippen LogP contribution in [0.15, 0.2) is 0 Å². The molecule has 0 spiro atoms. The molecule has 2 heteroatoms. The van der Waals surface area contributed by atoms with Crippen molar-refractivity contribution in [3.8, 4) is 0 Å². The smallest absolute Gasteiger partial charge is 0.461 e. The van der Waals surface area contributed by atoms with Crippen LogP contribution in [-0.2, 0) is 3.79 Å². The molecule has 1 saturated heterocycles. The summed E-state index contributed by atoms with van der Waals surface area (Å²) in [5, 5.41) is 2.91. The lowest BCUT2D eigenvalue weighted by Crippen LogP contribution is -2.49. The molecule has 1 unspecified atom stereocenters. The van der Waals surface area contributed by atoms with Crippen molar-refractivity contribution in [3.63, 3.8) is 0 Å². The van der Waals surface area contributed by atoms with Crippen molar-refractivity contribution >= 4 is 14.5 Å². The van der Waals surface area contributed by atoms with E-state index < -0.39 is 14.5 Å². The number of hydrogen-bond donors (Lipinski definition) is 0. The molecule has 1 heterocycles. The third-order valence-electron chi connectivity index (χ3n) is 9.39. The van der Waals surface area contributed by atoms with Crippen LogP contribution in [-0.4, -0.2) is 20.1 Å². The van der Waals surface area contributed by atoms with Crippen LogP contribution in [0.5, 0.6) is 0 Å². The van der Waals surface area contributed by atoms with Gasteiger partial charge in [0.25, 0.3) is 0 Å².